The Morgan fingerprint density at radius 3 is 2.40 bits per heavy atom. The highest BCUT2D eigenvalue weighted by molar-refractivity contribution is 7.79. The van der Waals surface area contributed by atoms with Crippen molar-refractivity contribution in [3.05, 3.63) is 36.0 Å². The van der Waals surface area contributed by atoms with Gasteiger partial charge in [0.25, 0.3) is 0 Å². The van der Waals surface area contributed by atoms with Gasteiger partial charge in [0.2, 0.25) is 0 Å². The molecular formula is C8H9NO5S. The van der Waals surface area contributed by atoms with Crippen molar-refractivity contribution in [1.82, 2.24) is 5.48 Å². The van der Waals surface area contributed by atoms with Crippen LogP contribution in [0, 0.1) is 0 Å². The number of rotatable bonds is 0. The Morgan fingerprint density at radius 1 is 1.20 bits per heavy atom. The average Bonchev–Trinajstić information content (AvgIpc) is 2.16. The highest BCUT2D eigenvalue weighted by Gasteiger charge is 2.01. The van der Waals surface area contributed by atoms with Crippen molar-refractivity contribution in [2.75, 3.05) is 0 Å². The quantitative estimate of drug-likeness (QED) is 0.574. The van der Waals surface area contributed by atoms with Gasteiger partial charge in [-0.05, 0) is 12.1 Å². The van der Waals surface area contributed by atoms with E-state index >= 15 is 0 Å². The van der Waals surface area contributed by atoms with E-state index in [0.29, 0.717) is 0 Å². The Hall–Kier alpha value is -1.57. The second-order valence-corrected chi connectivity index (χ2v) is 3.43. The minimum Gasteiger partial charge on any atom is -0.382 e. The zero-order valence-electron chi connectivity index (χ0n) is 7.49. The van der Waals surface area contributed by atoms with Crippen LogP contribution < -0.4 is 10.3 Å². The first-order chi connectivity index (χ1) is 6.97. The van der Waals surface area contributed by atoms with Crippen LogP contribution in [0.2, 0.25) is 0 Å². The molecule has 7 heteroatoms. The summed E-state index contributed by atoms with van der Waals surface area (Å²) in [6.45, 7) is 0. The molecule has 0 amide bonds. The van der Waals surface area contributed by atoms with Crippen LogP contribution >= 0.6 is 0 Å². The molecule has 1 aromatic rings. The fourth-order valence-electron chi connectivity index (χ4n) is 0.932. The summed E-state index contributed by atoms with van der Waals surface area (Å²) in [4.78, 5) is 5.09. The van der Waals surface area contributed by atoms with Crippen LogP contribution in [-0.2, 0) is 10.4 Å². The first kappa shape index (κ1) is 11.5. The molecule has 0 atom stereocenters. The third kappa shape index (κ3) is 5.01. The average molecular weight is 231 g/mol. The van der Waals surface area contributed by atoms with Crippen molar-refractivity contribution >= 4 is 16.5 Å². The second-order valence-electron chi connectivity index (χ2n) is 2.54. The Balaban J connectivity index is 0.000000195. The molecule has 0 saturated heterocycles. The molecule has 82 valence electrons. The lowest BCUT2D eigenvalue weighted by atomic mass is 10.2. The summed E-state index contributed by atoms with van der Waals surface area (Å²) >= 11 is 0. The molecule has 15 heavy (non-hydrogen) atoms. The maximum atomic E-state index is 8.74. The van der Waals surface area contributed by atoms with E-state index in [2.05, 4.69) is 5.48 Å². The highest BCUT2D eigenvalue weighted by Crippen LogP contribution is 2.20. The lowest BCUT2D eigenvalue weighted by Gasteiger charge is -2.11. The van der Waals surface area contributed by atoms with Gasteiger partial charge in [0.05, 0.1) is 0 Å². The van der Waals surface area contributed by atoms with Crippen molar-refractivity contribution in [2.24, 2.45) is 0 Å². The molecule has 0 spiro atoms. The molecule has 6 nitrogen and oxygen atoms in total. The van der Waals surface area contributed by atoms with Gasteiger partial charge in [-0.25, -0.2) is 5.48 Å². The van der Waals surface area contributed by atoms with E-state index in [1.165, 1.54) is 0 Å². The zero-order chi connectivity index (χ0) is 11.3. The van der Waals surface area contributed by atoms with Crippen LogP contribution in [0.5, 0.6) is 5.75 Å². The van der Waals surface area contributed by atoms with E-state index in [0.717, 1.165) is 11.3 Å². The smallest absolute Gasteiger partial charge is 0.382 e. The summed E-state index contributed by atoms with van der Waals surface area (Å²) in [7, 11) is -4.67. The number of hydrogen-bond acceptors (Lipinski definition) is 4. The molecule has 0 unspecified atom stereocenters. The van der Waals surface area contributed by atoms with Crippen molar-refractivity contribution < 1.29 is 22.4 Å². The maximum absolute atomic E-state index is 8.74. The number of fused-ring (bicyclic) bond motifs is 1. The number of benzene rings is 1. The molecule has 0 aliphatic carbocycles. The van der Waals surface area contributed by atoms with Gasteiger partial charge in [-0.2, -0.15) is 8.42 Å². The van der Waals surface area contributed by atoms with Gasteiger partial charge < -0.3 is 4.84 Å². The Labute approximate surface area is 86.7 Å². The zero-order valence-corrected chi connectivity index (χ0v) is 8.31. The lowest BCUT2D eigenvalue weighted by Crippen LogP contribution is -2.13. The van der Waals surface area contributed by atoms with Gasteiger partial charge >= 0.3 is 10.4 Å². The summed E-state index contributed by atoms with van der Waals surface area (Å²) in [6, 6.07) is 7.86. The van der Waals surface area contributed by atoms with Gasteiger partial charge in [0.1, 0.15) is 0 Å². The maximum Gasteiger partial charge on any atom is 0.394 e. The van der Waals surface area contributed by atoms with E-state index in [-0.39, 0.29) is 0 Å². The normalized spacial score (nSPS) is 12.7. The first-order valence-corrected chi connectivity index (χ1v) is 5.24. The van der Waals surface area contributed by atoms with E-state index < -0.39 is 10.4 Å². The van der Waals surface area contributed by atoms with Crippen molar-refractivity contribution in [1.29, 1.82) is 0 Å². The number of hydroxylamine groups is 1. The monoisotopic (exact) mass is 231 g/mol. The molecule has 0 fully saturated rings. The minimum absolute atomic E-state index is 0.880. The summed E-state index contributed by atoms with van der Waals surface area (Å²) in [6.07, 6.45) is 3.74. The third-order valence-corrected chi connectivity index (χ3v) is 1.42. The summed E-state index contributed by atoms with van der Waals surface area (Å²) in [5, 5.41) is 0. The van der Waals surface area contributed by atoms with Crippen LogP contribution in [0.1, 0.15) is 5.56 Å². The number of nitrogens with one attached hydrogen (secondary N) is 1. The molecule has 1 aliphatic heterocycles. The van der Waals surface area contributed by atoms with Gasteiger partial charge in [-0.1, -0.05) is 18.2 Å². The Morgan fingerprint density at radius 2 is 1.80 bits per heavy atom. The third-order valence-electron chi connectivity index (χ3n) is 1.42. The van der Waals surface area contributed by atoms with E-state index in [9.17, 15) is 0 Å². The number of para-hydroxylation sites is 1. The standard InChI is InChI=1S/C8H7NO.H2O4S/c1-2-4-8-7(3-1)5-6-9-10-8;1-5(2,3)4/h1-6,9H;(H2,1,2,3,4). The Bertz CT molecular complexity index is 446. The van der Waals surface area contributed by atoms with Crippen molar-refractivity contribution in [3.8, 4) is 5.75 Å². The van der Waals surface area contributed by atoms with Crippen LogP contribution in [-0.4, -0.2) is 17.5 Å². The molecule has 0 radical (unpaired) electrons. The first-order valence-electron chi connectivity index (χ1n) is 3.84. The van der Waals surface area contributed by atoms with Crippen LogP contribution in [0.4, 0.5) is 0 Å². The molecule has 1 aromatic carbocycles. The van der Waals surface area contributed by atoms with Gasteiger partial charge in [-0.15, -0.1) is 0 Å². The summed E-state index contributed by atoms with van der Waals surface area (Å²) in [5.41, 5.74) is 3.77. The van der Waals surface area contributed by atoms with Crippen LogP contribution in [0.3, 0.4) is 0 Å². The van der Waals surface area contributed by atoms with Crippen molar-refractivity contribution in [2.45, 2.75) is 0 Å². The molecule has 3 N–H and O–H groups in total. The largest absolute Gasteiger partial charge is 0.394 e. The van der Waals surface area contributed by atoms with Crippen LogP contribution in [0.25, 0.3) is 6.08 Å². The van der Waals surface area contributed by atoms with E-state index in [1.54, 1.807) is 6.20 Å². The minimum atomic E-state index is -4.67. The molecule has 0 aromatic heterocycles. The molecule has 0 saturated carbocycles. The summed E-state index contributed by atoms with van der Waals surface area (Å²) < 4.78 is 31.6. The predicted octanol–water partition coefficient (Wildman–Crippen LogP) is 0.901. The van der Waals surface area contributed by atoms with Crippen LogP contribution in [0.15, 0.2) is 30.5 Å². The number of hydrogen-bond donors (Lipinski definition) is 3. The lowest BCUT2D eigenvalue weighted by molar-refractivity contribution is 0.239. The van der Waals surface area contributed by atoms with E-state index in [1.807, 2.05) is 30.3 Å². The summed E-state index contributed by atoms with van der Waals surface area (Å²) in [5.74, 6) is 0.880. The SMILES string of the molecule is C1=Cc2ccccc2ON1.O=S(=O)(O)O. The topological polar surface area (TPSA) is 95.9 Å². The van der Waals surface area contributed by atoms with Gasteiger partial charge in [0, 0.05) is 11.8 Å². The fourth-order valence-corrected chi connectivity index (χ4v) is 0.932. The molecular weight excluding hydrogens is 222 g/mol. The van der Waals surface area contributed by atoms with E-state index in [4.69, 9.17) is 22.4 Å². The highest BCUT2D eigenvalue weighted by atomic mass is 32.3. The van der Waals surface area contributed by atoms with Crippen molar-refractivity contribution in [3.63, 3.8) is 0 Å². The second kappa shape index (κ2) is 4.78. The fraction of sp³-hybridized carbons (Fsp3) is 0. The molecule has 1 heterocycles. The van der Waals surface area contributed by atoms with Gasteiger partial charge in [0.15, 0.2) is 5.75 Å². The molecule has 2 rings (SSSR count). The predicted molar refractivity (Wildman–Crippen MR) is 53.4 cm³/mol. The Kier molecular flexibility index (Phi) is 3.67. The molecule has 0 bridgehead atoms. The van der Waals surface area contributed by atoms with Gasteiger partial charge in [-0.3, -0.25) is 9.11 Å². The molecule has 1 aliphatic rings.